The Morgan fingerprint density at radius 1 is 1.44 bits per heavy atom. The Kier molecular flexibility index (Phi) is 5.78. The molecule has 0 saturated carbocycles. The van der Waals surface area contributed by atoms with Crippen molar-refractivity contribution in [2.75, 3.05) is 13.1 Å². The molecule has 0 unspecified atom stereocenters. The van der Waals surface area contributed by atoms with Crippen LogP contribution in [0.15, 0.2) is 23.1 Å². The van der Waals surface area contributed by atoms with E-state index in [-0.39, 0.29) is 5.56 Å². The normalized spacial score (nSPS) is 10.9. The first-order valence-corrected chi connectivity index (χ1v) is 5.93. The molecule has 0 aliphatic heterocycles. The van der Waals surface area contributed by atoms with Crippen LogP contribution in [-0.2, 0) is 6.54 Å². The molecule has 1 rings (SSSR count). The van der Waals surface area contributed by atoms with Crippen molar-refractivity contribution in [1.82, 2.24) is 15.1 Å². The molecule has 4 heteroatoms. The van der Waals surface area contributed by atoms with Crippen LogP contribution in [0, 0.1) is 5.92 Å². The average Bonchev–Trinajstić information content (AvgIpc) is 2.25. The van der Waals surface area contributed by atoms with Crippen molar-refractivity contribution < 1.29 is 0 Å². The van der Waals surface area contributed by atoms with E-state index in [4.69, 9.17) is 0 Å². The van der Waals surface area contributed by atoms with Crippen LogP contribution in [0.2, 0.25) is 0 Å². The molecular weight excluding hydrogens is 202 g/mol. The van der Waals surface area contributed by atoms with Gasteiger partial charge in [0, 0.05) is 18.8 Å². The summed E-state index contributed by atoms with van der Waals surface area (Å²) >= 11 is 0. The second-order valence-electron chi connectivity index (χ2n) is 4.39. The number of hydrogen-bond acceptors (Lipinski definition) is 3. The zero-order chi connectivity index (χ0) is 11.8. The number of nitrogens with one attached hydrogen (secondary N) is 1. The third kappa shape index (κ3) is 5.07. The molecule has 0 aliphatic rings. The quantitative estimate of drug-likeness (QED) is 0.708. The minimum absolute atomic E-state index is 0.0161. The maximum absolute atomic E-state index is 11.3. The molecule has 0 radical (unpaired) electrons. The van der Waals surface area contributed by atoms with Crippen LogP contribution in [0.25, 0.3) is 0 Å². The molecule has 0 saturated heterocycles. The Morgan fingerprint density at radius 3 is 2.94 bits per heavy atom. The molecule has 1 N–H and O–H groups in total. The summed E-state index contributed by atoms with van der Waals surface area (Å²) in [5.41, 5.74) is -0.0161. The summed E-state index contributed by atoms with van der Waals surface area (Å²) in [4.78, 5) is 11.3. The first-order chi connectivity index (χ1) is 7.70. The van der Waals surface area contributed by atoms with Gasteiger partial charge < -0.3 is 5.32 Å². The summed E-state index contributed by atoms with van der Waals surface area (Å²) in [5.74, 6) is 0.693. The van der Waals surface area contributed by atoms with Gasteiger partial charge in [-0.05, 0) is 37.9 Å². The van der Waals surface area contributed by atoms with Crippen LogP contribution in [0.3, 0.4) is 0 Å². The van der Waals surface area contributed by atoms with Crippen LogP contribution < -0.4 is 10.9 Å². The van der Waals surface area contributed by atoms with Crippen molar-refractivity contribution in [3.05, 3.63) is 28.7 Å². The average molecular weight is 223 g/mol. The topological polar surface area (TPSA) is 46.9 Å². The van der Waals surface area contributed by atoms with Gasteiger partial charge in [0.05, 0.1) is 0 Å². The predicted octanol–water partition coefficient (Wildman–Crippen LogP) is 1.27. The van der Waals surface area contributed by atoms with E-state index in [1.54, 1.807) is 18.3 Å². The molecule has 0 bridgehead atoms. The fourth-order valence-electron chi connectivity index (χ4n) is 1.46. The highest BCUT2D eigenvalue weighted by atomic mass is 16.1. The third-order valence-electron chi connectivity index (χ3n) is 2.31. The SMILES string of the molecule is CC(C)CNCCCCn1ncccc1=O. The second-order valence-corrected chi connectivity index (χ2v) is 4.39. The zero-order valence-electron chi connectivity index (χ0n) is 10.1. The first kappa shape index (κ1) is 12.9. The minimum atomic E-state index is -0.0161. The number of rotatable bonds is 7. The smallest absolute Gasteiger partial charge is 0.266 e. The van der Waals surface area contributed by atoms with Gasteiger partial charge in [0.25, 0.3) is 5.56 Å². The van der Waals surface area contributed by atoms with Crippen LogP contribution in [0.4, 0.5) is 0 Å². The molecule has 0 spiro atoms. The lowest BCUT2D eigenvalue weighted by Gasteiger charge is -2.07. The third-order valence-corrected chi connectivity index (χ3v) is 2.31. The lowest BCUT2D eigenvalue weighted by Crippen LogP contribution is -2.23. The maximum Gasteiger partial charge on any atom is 0.266 e. The van der Waals surface area contributed by atoms with Crippen LogP contribution in [-0.4, -0.2) is 22.9 Å². The minimum Gasteiger partial charge on any atom is -0.316 e. The molecule has 0 fully saturated rings. The van der Waals surface area contributed by atoms with E-state index in [2.05, 4.69) is 24.3 Å². The van der Waals surface area contributed by atoms with E-state index in [9.17, 15) is 4.79 Å². The van der Waals surface area contributed by atoms with Crippen molar-refractivity contribution in [3.63, 3.8) is 0 Å². The van der Waals surface area contributed by atoms with Gasteiger partial charge in [-0.2, -0.15) is 5.10 Å². The van der Waals surface area contributed by atoms with E-state index in [0.717, 1.165) is 25.9 Å². The molecule has 4 nitrogen and oxygen atoms in total. The molecule has 90 valence electrons. The van der Waals surface area contributed by atoms with Gasteiger partial charge in [0.1, 0.15) is 0 Å². The monoisotopic (exact) mass is 223 g/mol. The van der Waals surface area contributed by atoms with Gasteiger partial charge in [-0.3, -0.25) is 4.79 Å². The number of nitrogens with zero attached hydrogens (tertiary/aromatic N) is 2. The zero-order valence-corrected chi connectivity index (χ0v) is 10.1. The molecular formula is C12H21N3O. The summed E-state index contributed by atoms with van der Waals surface area (Å²) in [6.45, 7) is 7.17. The van der Waals surface area contributed by atoms with Crippen molar-refractivity contribution in [2.45, 2.75) is 33.2 Å². The van der Waals surface area contributed by atoms with Gasteiger partial charge in [0.15, 0.2) is 0 Å². The largest absolute Gasteiger partial charge is 0.316 e. The Bertz CT molecular complexity index is 346. The summed E-state index contributed by atoms with van der Waals surface area (Å²) in [5, 5.41) is 7.39. The Hall–Kier alpha value is -1.16. The van der Waals surface area contributed by atoms with E-state index < -0.39 is 0 Å². The van der Waals surface area contributed by atoms with Crippen molar-refractivity contribution in [1.29, 1.82) is 0 Å². The number of unbranched alkanes of at least 4 members (excludes halogenated alkanes) is 1. The van der Waals surface area contributed by atoms with E-state index in [1.807, 2.05) is 0 Å². The van der Waals surface area contributed by atoms with Gasteiger partial charge in [0.2, 0.25) is 0 Å². The Labute approximate surface area is 96.7 Å². The molecule has 1 heterocycles. The molecule has 0 atom stereocenters. The summed E-state index contributed by atoms with van der Waals surface area (Å²) in [6, 6.07) is 3.22. The van der Waals surface area contributed by atoms with Gasteiger partial charge in [-0.1, -0.05) is 13.8 Å². The van der Waals surface area contributed by atoms with Gasteiger partial charge >= 0.3 is 0 Å². The summed E-state index contributed by atoms with van der Waals surface area (Å²) < 4.78 is 1.52. The van der Waals surface area contributed by atoms with Crippen LogP contribution in [0.5, 0.6) is 0 Å². The van der Waals surface area contributed by atoms with E-state index >= 15 is 0 Å². The first-order valence-electron chi connectivity index (χ1n) is 5.93. The van der Waals surface area contributed by atoms with Gasteiger partial charge in [-0.25, -0.2) is 4.68 Å². The van der Waals surface area contributed by atoms with E-state index in [0.29, 0.717) is 12.5 Å². The lowest BCUT2D eigenvalue weighted by atomic mass is 10.2. The number of hydrogen-bond donors (Lipinski definition) is 1. The van der Waals surface area contributed by atoms with Crippen molar-refractivity contribution >= 4 is 0 Å². The Morgan fingerprint density at radius 2 is 2.25 bits per heavy atom. The Balaban J connectivity index is 2.12. The molecule has 0 amide bonds. The number of aromatic nitrogens is 2. The van der Waals surface area contributed by atoms with E-state index in [1.165, 1.54) is 4.68 Å². The molecule has 0 aliphatic carbocycles. The van der Waals surface area contributed by atoms with Crippen LogP contribution in [0.1, 0.15) is 26.7 Å². The lowest BCUT2D eigenvalue weighted by molar-refractivity contribution is 0.495. The highest BCUT2D eigenvalue weighted by Gasteiger charge is 1.96. The second kappa shape index (κ2) is 7.17. The summed E-state index contributed by atoms with van der Waals surface area (Å²) in [7, 11) is 0. The maximum atomic E-state index is 11.3. The standard InChI is InChI=1S/C12H21N3O/c1-11(2)10-13-7-3-4-9-15-12(16)6-5-8-14-15/h5-6,8,11,13H,3-4,7,9-10H2,1-2H3. The molecule has 1 aromatic heterocycles. The predicted molar refractivity (Wildman–Crippen MR) is 65.4 cm³/mol. The van der Waals surface area contributed by atoms with Gasteiger partial charge in [-0.15, -0.1) is 0 Å². The fraction of sp³-hybridized carbons (Fsp3) is 0.667. The summed E-state index contributed by atoms with van der Waals surface area (Å²) in [6.07, 6.45) is 3.72. The van der Waals surface area contributed by atoms with Crippen molar-refractivity contribution in [3.8, 4) is 0 Å². The highest BCUT2D eigenvalue weighted by Crippen LogP contribution is 1.91. The highest BCUT2D eigenvalue weighted by molar-refractivity contribution is 4.84. The van der Waals surface area contributed by atoms with Crippen LogP contribution >= 0.6 is 0 Å². The molecule has 0 aromatic carbocycles. The molecule has 1 aromatic rings. The fourth-order valence-corrected chi connectivity index (χ4v) is 1.46. The molecule has 16 heavy (non-hydrogen) atoms. The number of aryl methyl sites for hydroxylation is 1. The van der Waals surface area contributed by atoms with Crippen molar-refractivity contribution in [2.24, 2.45) is 5.92 Å².